The molecular weight excluding hydrogens is 330 g/mol. The molecule has 0 saturated carbocycles. The minimum absolute atomic E-state index is 0.798. The van der Waals surface area contributed by atoms with E-state index in [1.807, 2.05) is 0 Å². The topological polar surface area (TPSA) is 12.5 Å². The van der Waals surface area contributed by atoms with Gasteiger partial charge in [-0.3, -0.25) is 9.90 Å². The Hall–Kier alpha value is -1.80. The number of benzene rings is 1. The number of hydrogen-bond donors (Lipinski definition) is 0. The molecule has 1 aromatic rings. The highest BCUT2D eigenvalue weighted by Gasteiger charge is 2.16. The predicted octanol–water partition coefficient (Wildman–Crippen LogP) is 7.31. The summed E-state index contributed by atoms with van der Waals surface area (Å²) in [6.07, 6.45) is 20.0. The Balaban J connectivity index is 2.02. The Morgan fingerprint density at radius 1 is 0.926 bits per heavy atom. The summed E-state index contributed by atoms with van der Waals surface area (Å²) in [7, 11) is 0. The zero-order valence-corrected chi connectivity index (χ0v) is 17.3. The number of allylic oxidation sites excluding steroid dienone is 4. The lowest BCUT2D eigenvalue weighted by Crippen LogP contribution is -2.27. The van der Waals surface area contributed by atoms with Gasteiger partial charge in [0.2, 0.25) is 0 Å². The van der Waals surface area contributed by atoms with E-state index in [-0.39, 0.29) is 0 Å². The fraction of sp³-hybridized carbons (Fsp3) is 0.520. The third-order valence-corrected chi connectivity index (χ3v) is 4.93. The van der Waals surface area contributed by atoms with Crippen LogP contribution < -0.4 is 0 Å². The van der Waals surface area contributed by atoms with Gasteiger partial charge in [-0.25, -0.2) is 0 Å². The molecule has 27 heavy (non-hydrogen) atoms. The van der Waals surface area contributed by atoms with Crippen molar-refractivity contribution in [1.29, 1.82) is 0 Å². The number of unbranched alkanes of at least 4 members (excludes halogenated alkanes) is 6. The Morgan fingerprint density at radius 2 is 1.67 bits per heavy atom. The maximum atomic E-state index is 6.21. The summed E-state index contributed by atoms with van der Waals surface area (Å²) >= 11 is 0. The molecule has 0 unspecified atom stereocenters. The summed E-state index contributed by atoms with van der Waals surface area (Å²) in [5.74, 6) is 0. The lowest BCUT2D eigenvalue weighted by Gasteiger charge is -2.29. The maximum Gasteiger partial charge on any atom is 0.0748 e. The van der Waals surface area contributed by atoms with Gasteiger partial charge in [-0.2, -0.15) is 0 Å². The summed E-state index contributed by atoms with van der Waals surface area (Å²) in [6, 6.07) is 10.6. The minimum atomic E-state index is 0.798. The molecule has 2 nitrogen and oxygen atoms in total. The van der Waals surface area contributed by atoms with Crippen molar-refractivity contribution < 1.29 is 4.84 Å². The largest absolute Gasteiger partial charge is 0.273 e. The fourth-order valence-electron chi connectivity index (χ4n) is 3.30. The van der Waals surface area contributed by atoms with Crippen LogP contribution in [-0.4, -0.2) is 18.2 Å². The number of rotatable bonds is 13. The standard InChI is InChI=1S/C25H37NO/c1-3-5-7-8-9-15-20-26(27-21-6-4-2)25-19-14-13-18-24(25)22-23-16-11-10-12-17-23/h10-14,16-17,19,22H,3-9,15,18,20-21H2,1-2H3. The highest BCUT2D eigenvalue weighted by atomic mass is 16.7. The first-order chi connectivity index (χ1) is 13.3. The van der Waals surface area contributed by atoms with E-state index in [9.17, 15) is 0 Å². The third-order valence-electron chi connectivity index (χ3n) is 4.93. The monoisotopic (exact) mass is 367 g/mol. The van der Waals surface area contributed by atoms with Crippen molar-refractivity contribution >= 4 is 6.08 Å². The molecule has 2 rings (SSSR count). The molecule has 0 aliphatic heterocycles. The molecule has 0 radical (unpaired) electrons. The second kappa shape index (κ2) is 13.4. The van der Waals surface area contributed by atoms with Gasteiger partial charge in [0.25, 0.3) is 0 Å². The molecule has 0 aromatic heterocycles. The predicted molar refractivity (Wildman–Crippen MR) is 117 cm³/mol. The summed E-state index contributed by atoms with van der Waals surface area (Å²) in [6.45, 7) is 6.26. The van der Waals surface area contributed by atoms with E-state index in [2.05, 4.69) is 73.5 Å². The molecule has 0 fully saturated rings. The first-order valence-corrected chi connectivity index (χ1v) is 10.9. The van der Waals surface area contributed by atoms with E-state index in [0.717, 1.165) is 32.4 Å². The number of hydroxylamine groups is 2. The Morgan fingerprint density at radius 3 is 2.44 bits per heavy atom. The molecule has 148 valence electrons. The van der Waals surface area contributed by atoms with E-state index < -0.39 is 0 Å². The van der Waals surface area contributed by atoms with Crippen LogP contribution in [0.25, 0.3) is 6.08 Å². The highest BCUT2D eigenvalue weighted by molar-refractivity contribution is 5.59. The molecule has 0 bridgehead atoms. The van der Waals surface area contributed by atoms with Crippen LogP contribution in [-0.2, 0) is 4.84 Å². The van der Waals surface area contributed by atoms with Crippen LogP contribution in [0.2, 0.25) is 0 Å². The van der Waals surface area contributed by atoms with Crippen molar-refractivity contribution in [2.24, 2.45) is 0 Å². The Labute approximate surface area is 166 Å². The molecule has 0 heterocycles. The molecule has 1 aliphatic carbocycles. The summed E-state index contributed by atoms with van der Waals surface area (Å²) < 4.78 is 0. The molecule has 1 aliphatic rings. The maximum absolute atomic E-state index is 6.21. The summed E-state index contributed by atoms with van der Waals surface area (Å²) in [4.78, 5) is 6.21. The lowest BCUT2D eigenvalue weighted by molar-refractivity contribution is -0.131. The quantitative estimate of drug-likeness (QED) is 0.268. The zero-order valence-electron chi connectivity index (χ0n) is 17.3. The fourth-order valence-corrected chi connectivity index (χ4v) is 3.30. The van der Waals surface area contributed by atoms with Crippen LogP contribution in [0, 0.1) is 0 Å². The Kier molecular flexibility index (Phi) is 10.7. The van der Waals surface area contributed by atoms with Crippen molar-refractivity contribution in [2.45, 2.75) is 71.6 Å². The van der Waals surface area contributed by atoms with Gasteiger partial charge in [0.1, 0.15) is 0 Å². The molecule has 1 aromatic carbocycles. The van der Waals surface area contributed by atoms with Crippen LogP contribution >= 0.6 is 0 Å². The van der Waals surface area contributed by atoms with Crippen LogP contribution in [0.4, 0.5) is 0 Å². The lowest BCUT2D eigenvalue weighted by atomic mass is 10.0. The molecule has 2 heteroatoms. The average molecular weight is 368 g/mol. The molecule has 0 saturated heterocycles. The first kappa shape index (κ1) is 21.5. The van der Waals surface area contributed by atoms with Crippen LogP contribution in [0.3, 0.4) is 0 Å². The minimum Gasteiger partial charge on any atom is -0.273 e. The van der Waals surface area contributed by atoms with Gasteiger partial charge in [-0.15, -0.1) is 0 Å². The SMILES string of the molecule is CCCCCCCCN(OCCCC)C1=CC=CCC1=Cc1ccccc1. The average Bonchev–Trinajstić information content (AvgIpc) is 2.71. The molecule has 0 atom stereocenters. The van der Waals surface area contributed by atoms with Gasteiger partial charge in [0.05, 0.1) is 12.3 Å². The van der Waals surface area contributed by atoms with Gasteiger partial charge >= 0.3 is 0 Å². The smallest absolute Gasteiger partial charge is 0.0748 e. The van der Waals surface area contributed by atoms with Gasteiger partial charge in [-0.05, 0) is 42.6 Å². The van der Waals surface area contributed by atoms with Gasteiger partial charge in [0.15, 0.2) is 0 Å². The van der Waals surface area contributed by atoms with E-state index in [1.54, 1.807) is 0 Å². The third kappa shape index (κ3) is 8.17. The second-order valence-corrected chi connectivity index (χ2v) is 7.32. The Bertz CT molecular complexity index is 600. The van der Waals surface area contributed by atoms with Crippen LogP contribution in [0.15, 0.2) is 59.8 Å². The van der Waals surface area contributed by atoms with Crippen LogP contribution in [0.1, 0.15) is 77.2 Å². The summed E-state index contributed by atoms with van der Waals surface area (Å²) in [5, 5.41) is 2.16. The van der Waals surface area contributed by atoms with E-state index >= 15 is 0 Å². The van der Waals surface area contributed by atoms with E-state index in [1.165, 1.54) is 55.4 Å². The zero-order chi connectivity index (χ0) is 19.2. The van der Waals surface area contributed by atoms with Gasteiger partial charge < -0.3 is 0 Å². The normalized spacial score (nSPS) is 15.2. The van der Waals surface area contributed by atoms with E-state index in [0.29, 0.717) is 0 Å². The van der Waals surface area contributed by atoms with Crippen LogP contribution in [0.5, 0.6) is 0 Å². The van der Waals surface area contributed by atoms with Gasteiger partial charge in [-0.1, -0.05) is 94.9 Å². The van der Waals surface area contributed by atoms with Crippen molar-refractivity contribution in [3.63, 3.8) is 0 Å². The van der Waals surface area contributed by atoms with Crippen molar-refractivity contribution in [1.82, 2.24) is 5.06 Å². The second-order valence-electron chi connectivity index (χ2n) is 7.32. The molecule has 0 spiro atoms. The van der Waals surface area contributed by atoms with E-state index in [4.69, 9.17) is 4.84 Å². The first-order valence-electron chi connectivity index (χ1n) is 10.9. The van der Waals surface area contributed by atoms with Gasteiger partial charge in [0, 0.05) is 6.54 Å². The molecular formula is C25H37NO. The number of hydrogen-bond acceptors (Lipinski definition) is 2. The van der Waals surface area contributed by atoms with Crippen molar-refractivity contribution in [3.05, 3.63) is 65.4 Å². The summed E-state index contributed by atoms with van der Waals surface area (Å²) in [5.41, 5.74) is 3.82. The van der Waals surface area contributed by atoms with Crippen molar-refractivity contribution in [2.75, 3.05) is 13.2 Å². The highest BCUT2D eigenvalue weighted by Crippen LogP contribution is 2.26. The van der Waals surface area contributed by atoms with Crippen molar-refractivity contribution in [3.8, 4) is 0 Å². The molecule has 0 amide bonds. The number of nitrogens with zero attached hydrogens (tertiary/aromatic N) is 1. The molecule has 0 N–H and O–H groups in total.